The molecule has 0 bridgehead atoms. The maximum absolute atomic E-state index is 12.6. The lowest BCUT2D eigenvalue weighted by molar-refractivity contribution is -0.130. The van der Waals surface area contributed by atoms with Crippen LogP contribution in [0.5, 0.6) is 5.75 Å². The van der Waals surface area contributed by atoms with E-state index in [-0.39, 0.29) is 28.2 Å². The molecule has 4 rings (SSSR count). The number of nitrogens with one attached hydrogen (secondary N) is 1. The third-order valence-corrected chi connectivity index (χ3v) is 7.79. The maximum Gasteiger partial charge on any atom is 0.274 e. The van der Waals surface area contributed by atoms with Gasteiger partial charge in [-0.15, -0.1) is 0 Å². The zero-order valence-corrected chi connectivity index (χ0v) is 19.2. The molecule has 1 fully saturated rings. The number of nitrogens with zero attached hydrogens (tertiary/aromatic N) is 2. The zero-order chi connectivity index (χ0) is 23.0. The van der Waals surface area contributed by atoms with Crippen LogP contribution in [0.25, 0.3) is 22.0 Å². The molecular weight excluding hydrogens is 430 g/mol. The number of aryl methyl sites for hydroxylation is 1. The van der Waals surface area contributed by atoms with E-state index in [2.05, 4.69) is 4.98 Å². The number of benzene rings is 1. The first-order valence-corrected chi connectivity index (χ1v) is 12.3. The van der Waals surface area contributed by atoms with Crippen LogP contribution < -0.4 is 10.3 Å². The molecule has 8 nitrogen and oxygen atoms in total. The van der Waals surface area contributed by atoms with Crippen LogP contribution in [0, 0.1) is 0 Å². The van der Waals surface area contributed by atoms with Crippen molar-refractivity contribution in [2.24, 2.45) is 7.05 Å². The molecule has 170 valence electrons. The first-order valence-electron chi connectivity index (χ1n) is 10.7. The first-order chi connectivity index (χ1) is 15.2. The summed E-state index contributed by atoms with van der Waals surface area (Å²) >= 11 is 0. The molecule has 0 unspecified atom stereocenters. The minimum Gasteiger partial charge on any atom is -0.490 e. The van der Waals surface area contributed by atoms with Crippen LogP contribution in [0.4, 0.5) is 0 Å². The monoisotopic (exact) mass is 457 g/mol. The Morgan fingerprint density at radius 2 is 1.91 bits per heavy atom. The normalized spacial score (nSPS) is 15.3. The summed E-state index contributed by atoms with van der Waals surface area (Å²) in [6.07, 6.45) is 4.70. The van der Waals surface area contributed by atoms with Crippen LogP contribution in [0.2, 0.25) is 0 Å². The number of sulfone groups is 1. The molecule has 0 aliphatic carbocycles. The van der Waals surface area contributed by atoms with Gasteiger partial charge in [-0.3, -0.25) is 9.59 Å². The van der Waals surface area contributed by atoms with Crippen molar-refractivity contribution in [1.82, 2.24) is 14.5 Å². The first kappa shape index (κ1) is 22.1. The number of likely N-dealkylation sites (tertiary alicyclic amines) is 1. The highest BCUT2D eigenvalue weighted by atomic mass is 32.2. The Balaban J connectivity index is 1.81. The molecule has 0 radical (unpaired) electrons. The Morgan fingerprint density at radius 1 is 1.19 bits per heavy atom. The number of pyridine rings is 1. The van der Waals surface area contributed by atoms with Gasteiger partial charge in [0, 0.05) is 68.8 Å². The summed E-state index contributed by atoms with van der Waals surface area (Å²) in [5, 5.41) is 0.704. The highest BCUT2D eigenvalue weighted by Gasteiger charge is 2.25. The van der Waals surface area contributed by atoms with Crippen LogP contribution in [0.3, 0.4) is 0 Å². The van der Waals surface area contributed by atoms with E-state index in [1.54, 1.807) is 56.4 Å². The van der Waals surface area contributed by atoms with Crippen molar-refractivity contribution in [3.05, 3.63) is 47.0 Å². The predicted molar refractivity (Wildman–Crippen MR) is 123 cm³/mol. The highest BCUT2D eigenvalue weighted by Crippen LogP contribution is 2.37. The molecule has 0 spiro atoms. The van der Waals surface area contributed by atoms with Crippen molar-refractivity contribution in [1.29, 1.82) is 0 Å². The molecule has 0 saturated carbocycles. The van der Waals surface area contributed by atoms with Crippen LogP contribution in [0.15, 0.2) is 46.3 Å². The molecular formula is C23H27N3O5S. The van der Waals surface area contributed by atoms with Crippen LogP contribution >= 0.6 is 0 Å². The average molecular weight is 458 g/mol. The number of aromatic nitrogens is 2. The lowest BCUT2D eigenvalue weighted by atomic mass is 10.0. The average Bonchev–Trinajstić information content (AvgIpc) is 3.27. The van der Waals surface area contributed by atoms with Crippen LogP contribution in [-0.2, 0) is 21.7 Å². The van der Waals surface area contributed by atoms with Gasteiger partial charge in [0.25, 0.3) is 5.56 Å². The fourth-order valence-electron chi connectivity index (χ4n) is 4.13. The topological polar surface area (TPSA) is 101 Å². The number of carbonyl (C=O) groups excluding carboxylic acids is 1. The minimum absolute atomic E-state index is 0.0109. The molecule has 1 saturated heterocycles. The number of carbonyl (C=O) groups is 1. The van der Waals surface area contributed by atoms with Gasteiger partial charge in [-0.05, 0) is 24.3 Å². The van der Waals surface area contributed by atoms with Crippen molar-refractivity contribution in [2.75, 3.05) is 18.8 Å². The van der Waals surface area contributed by atoms with Gasteiger partial charge < -0.3 is 19.2 Å². The van der Waals surface area contributed by atoms with Crippen molar-refractivity contribution in [2.45, 2.75) is 37.7 Å². The molecule has 1 aromatic carbocycles. The van der Waals surface area contributed by atoms with E-state index in [0.29, 0.717) is 53.7 Å². The van der Waals surface area contributed by atoms with E-state index < -0.39 is 9.84 Å². The van der Waals surface area contributed by atoms with Crippen LogP contribution in [-0.4, -0.2) is 53.7 Å². The van der Waals surface area contributed by atoms with Crippen LogP contribution in [0.1, 0.15) is 26.7 Å². The summed E-state index contributed by atoms with van der Waals surface area (Å²) in [5.74, 6) is 0.601. The minimum atomic E-state index is -3.43. The van der Waals surface area contributed by atoms with Crippen molar-refractivity contribution < 1.29 is 17.9 Å². The third-order valence-electron chi connectivity index (χ3n) is 6.06. The molecule has 1 N–H and O–H groups in total. The second kappa shape index (κ2) is 8.46. The SMILES string of the molecule is CCS(=O)(=O)c1ccc(OC2CCN(C(C)=O)CC2)c(-c2cn(C)c(=O)c3[nH]ccc23)c1. The van der Waals surface area contributed by atoms with Gasteiger partial charge >= 0.3 is 0 Å². The standard InChI is InChI=1S/C23H27N3O5S/c1-4-32(29,30)17-5-6-21(31-16-8-11-26(12-9-16)15(2)27)19(13-17)20-14-25(3)23(28)22-18(20)7-10-24-22/h5-7,10,13-14,16,24H,4,8-9,11-12H2,1-3H3. The van der Waals surface area contributed by atoms with Gasteiger partial charge in [0.15, 0.2) is 9.84 Å². The number of fused-ring (bicyclic) bond motifs is 1. The second-order valence-electron chi connectivity index (χ2n) is 8.11. The Morgan fingerprint density at radius 3 is 2.56 bits per heavy atom. The molecule has 1 aliphatic rings. The van der Waals surface area contributed by atoms with E-state index >= 15 is 0 Å². The number of H-pyrrole nitrogens is 1. The van der Waals surface area contributed by atoms with E-state index in [1.807, 2.05) is 6.07 Å². The van der Waals surface area contributed by atoms with E-state index in [0.717, 1.165) is 0 Å². The van der Waals surface area contributed by atoms with Gasteiger partial charge in [-0.25, -0.2) is 8.42 Å². The quantitative estimate of drug-likeness (QED) is 0.635. The number of rotatable bonds is 5. The van der Waals surface area contributed by atoms with Crippen molar-refractivity contribution >= 4 is 26.6 Å². The maximum atomic E-state index is 12.6. The molecule has 32 heavy (non-hydrogen) atoms. The van der Waals surface area contributed by atoms with Gasteiger partial charge in [-0.2, -0.15) is 0 Å². The Bertz CT molecular complexity index is 1330. The van der Waals surface area contributed by atoms with Crippen molar-refractivity contribution in [3.8, 4) is 16.9 Å². The van der Waals surface area contributed by atoms with E-state index in [9.17, 15) is 18.0 Å². The Kier molecular flexibility index (Phi) is 5.85. The van der Waals surface area contributed by atoms with E-state index in [4.69, 9.17) is 4.74 Å². The molecule has 1 amide bonds. The fourth-order valence-corrected chi connectivity index (χ4v) is 5.04. The number of hydrogen-bond acceptors (Lipinski definition) is 5. The highest BCUT2D eigenvalue weighted by molar-refractivity contribution is 7.91. The van der Waals surface area contributed by atoms with Gasteiger partial charge in [-0.1, -0.05) is 6.92 Å². The Labute approximate surface area is 186 Å². The molecule has 3 aromatic rings. The van der Waals surface area contributed by atoms with Gasteiger partial charge in [0.05, 0.1) is 10.6 Å². The summed E-state index contributed by atoms with van der Waals surface area (Å²) in [6, 6.07) is 6.70. The number of piperidine rings is 1. The lowest BCUT2D eigenvalue weighted by Crippen LogP contribution is -2.40. The smallest absolute Gasteiger partial charge is 0.274 e. The zero-order valence-electron chi connectivity index (χ0n) is 18.4. The second-order valence-corrected chi connectivity index (χ2v) is 10.4. The summed E-state index contributed by atoms with van der Waals surface area (Å²) in [6.45, 7) is 4.42. The van der Waals surface area contributed by atoms with Gasteiger partial charge in [0.1, 0.15) is 17.4 Å². The third kappa shape index (κ3) is 4.04. The molecule has 9 heteroatoms. The molecule has 2 aromatic heterocycles. The summed E-state index contributed by atoms with van der Waals surface area (Å²) in [4.78, 5) is 29.1. The summed E-state index contributed by atoms with van der Waals surface area (Å²) in [5.41, 5.74) is 1.63. The van der Waals surface area contributed by atoms with E-state index in [1.165, 1.54) is 4.57 Å². The molecule has 0 atom stereocenters. The lowest BCUT2D eigenvalue weighted by Gasteiger charge is -2.32. The number of amides is 1. The van der Waals surface area contributed by atoms with Crippen molar-refractivity contribution in [3.63, 3.8) is 0 Å². The molecule has 3 heterocycles. The van der Waals surface area contributed by atoms with Gasteiger partial charge in [0.2, 0.25) is 5.91 Å². The number of aromatic amines is 1. The fraction of sp³-hybridized carbons (Fsp3) is 0.391. The predicted octanol–water partition coefficient (Wildman–Crippen LogP) is 2.72. The summed E-state index contributed by atoms with van der Waals surface area (Å²) < 4.78 is 33.0. The largest absolute Gasteiger partial charge is 0.490 e. The molecule has 1 aliphatic heterocycles. The Hall–Kier alpha value is -3.07. The summed E-state index contributed by atoms with van der Waals surface area (Å²) in [7, 11) is -1.77. The number of ether oxygens (including phenoxy) is 1. The number of hydrogen-bond donors (Lipinski definition) is 1.